The molecule has 188 valence electrons. The van der Waals surface area contributed by atoms with Gasteiger partial charge >= 0.3 is 11.7 Å². The molecule has 0 saturated carbocycles. The van der Waals surface area contributed by atoms with Gasteiger partial charge in [0.25, 0.3) is 5.56 Å². The number of rotatable bonds is 8. The van der Waals surface area contributed by atoms with Crippen molar-refractivity contribution in [3.05, 3.63) is 62.1 Å². The van der Waals surface area contributed by atoms with Gasteiger partial charge in [-0.2, -0.15) is 0 Å². The highest BCUT2D eigenvalue weighted by atomic mass is 16.5. The maximum absolute atomic E-state index is 12.7. The number of H-pyrrole nitrogens is 1. The molecule has 0 aliphatic carbocycles. The topological polar surface area (TPSA) is 111 Å². The Morgan fingerprint density at radius 3 is 2.51 bits per heavy atom. The van der Waals surface area contributed by atoms with E-state index in [1.807, 2.05) is 19.1 Å². The summed E-state index contributed by atoms with van der Waals surface area (Å²) < 4.78 is 14.3. The van der Waals surface area contributed by atoms with E-state index < -0.39 is 17.2 Å². The first-order valence-electron chi connectivity index (χ1n) is 12.1. The van der Waals surface area contributed by atoms with Crippen LogP contribution in [-0.2, 0) is 36.2 Å². The fourth-order valence-electron chi connectivity index (χ4n) is 4.58. The summed E-state index contributed by atoms with van der Waals surface area (Å²) in [5.74, 6) is -0.0867. The molecule has 35 heavy (non-hydrogen) atoms. The number of aromatic amines is 1. The van der Waals surface area contributed by atoms with Crippen molar-refractivity contribution in [2.24, 2.45) is 7.05 Å². The Balaban J connectivity index is 1.44. The molecule has 1 fully saturated rings. The number of aromatic nitrogens is 4. The minimum atomic E-state index is -0.509. The van der Waals surface area contributed by atoms with Gasteiger partial charge in [-0.15, -0.1) is 0 Å². The summed E-state index contributed by atoms with van der Waals surface area (Å²) in [5.41, 5.74) is 1.14. The number of carbonyl (C=O) groups excluding carboxylic acids is 1. The second-order valence-corrected chi connectivity index (χ2v) is 9.25. The van der Waals surface area contributed by atoms with Gasteiger partial charge in [0.2, 0.25) is 0 Å². The molecule has 2 aromatic heterocycles. The lowest BCUT2D eigenvalue weighted by Gasteiger charge is -2.35. The van der Waals surface area contributed by atoms with E-state index in [-0.39, 0.29) is 24.3 Å². The Bertz CT molecular complexity index is 1300. The predicted octanol–water partition coefficient (Wildman–Crippen LogP) is 2.19. The first kappa shape index (κ1) is 24.9. The highest BCUT2D eigenvalue weighted by molar-refractivity contribution is 5.89. The minimum Gasteiger partial charge on any atom is -0.454 e. The molecule has 0 radical (unpaired) electrons. The van der Waals surface area contributed by atoms with Crippen molar-refractivity contribution in [3.8, 4) is 0 Å². The number of hydrogen-bond acceptors (Lipinski definition) is 7. The van der Waals surface area contributed by atoms with E-state index in [2.05, 4.69) is 28.7 Å². The molecule has 1 aliphatic heterocycles. The summed E-state index contributed by atoms with van der Waals surface area (Å²) in [5, 5.41) is 0. The van der Waals surface area contributed by atoms with Crippen LogP contribution in [0.5, 0.6) is 0 Å². The molecule has 1 N–H and O–H groups in total. The van der Waals surface area contributed by atoms with Gasteiger partial charge < -0.3 is 14.0 Å². The monoisotopic (exact) mass is 483 g/mol. The van der Waals surface area contributed by atoms with E-state index in [1.165, 1.54) is 4.57 Å². The molecule has 3 heterocycles. The lowest BCUT2D eigenvalue weighted by atomic mass is 10.1. The van der Waals surface area contributed by atoms with Crippen molar-refractivity contribution in [1.82, 2.24) is 24.0 Å². The molecule has 0 spiro atoms. The molecule has 0 bridgehead atoms. The third kappa shape index (κ3) is 5.54. The van der Waals surface area contributed by atoms with E-state index in [0.29, 0.717) is 23.6 Å². The smallest absolute Gasteiger partial charge is 0.338 e. The van der Waals surface area contributed by atoms with Gasteiger partial charge in [-0.25, -0.2) is 14.6 Å². The van der Waals surface area contributed by atoms with Crippen molar-refractivity contribution in [2.75, 3.05) is 13.1 Å². The van der Waals surface area contributed by atoms with Gasteiger partial charge in [-0.1, -0.05) is 25.5 Å². The molecule has 1 aromatic carbocycles. The van der Waals surface area contributed by atoms with E-state index in [4.69, 9.17) is 9.47 Å². The van der Waals surface area contributed by atoms with Crippen LogP contribution in [0.1, 0.15) is 55.4 Å². The van der Waals surface area contributed by atoms with Gasteiger partial charge in [0.05, 0.1) is 17.8 Å². The lowest BCUT2D eigenvalue weighted by Crippen LogP contribution is -2.44. The molecule has 4 rings (SSSR count). The predicted molar refractivity (Wildman–Crippen MR) is 131 cm³/mol. The number of morpholine rings is 1. The molecular formula is C25H33N5O5. The Morgan fingerprint density at radius 2 is 1.86 bits per heavy atom. The van der Waals surface area contributed by atoms with Crippen LogP contribution in [-0.4, -0.2) is 55.3 Å². The Morgan fingerprint density at radius 1 is 1.17 bits per heavy atom. The summed E-state index contributed by atoms with van der Waals surface area (Å²) in [4.78, 5) is 46.5. The Labute approximate surface area is 203 Å². The summed E-state index contributed by atoms with van der Waals surface area (Å²) >= 11 is 0. The first-order valence-corrected chi connectivity index (χ1v) is 12.1. The average Bonchev–Trinajstić information content (AvgIpc) is 3.13. The SMILES string of the molecule is CCCCn1c(=O)[nH]c(=O)c2c1nc(COC(=O)c1ccc(CN3CC(C)OC(C)C3)cc1)n2C. The molecule has 0 amide bonds. The number of fused-ring (bicyclic) bond motifs is 1. The fraction of sp³-hybridized carbons (Fsp3) is 0.520. The molecule has 1 saturated heterocycles. The third-order valence-corrected chi connectivity index (χ3v) is 6.26. The molecule has 3 aromatic rings. The van der Waals surface area contributed by atoms with Crippen LogP contribution < -0.4 is 11.2 Å². The van der Waals surface area contributed by atoms with Gasteiger partial charge in [0.15, 0.2) is 11.2 Å². The molecule has 2 atom stereocenters. The zero-order valence-electron chi connectivity index (χ0n) is 20.7. The number of carbonyl (C=O) groups is 1. The fourth-order valence-corrected chi connectivity index (χ4v) is 4.58. The summed E-state index contributed by atoms with van der Waals surface area (Å²) in [6.07, 6.45) is 2.08. The van der Waals surface area contributed by atoms with Crippen molar-refractivity contribution in [1.29, 1.82) is 0 Å². The second-order valence-electron chi connectivity index (χ2n) is 9.25. The van der Waals surface area contributed by atoms with Gasteiger partial charge in [0, 0.05) is 33.2 Å². The van der Waals surface area contributed by atoms with Crippen LogP contribution >= 0.6 is 0 Å². The van der Waals surface area contributed by atoms with Crippen LogP contribution in [0, 0.1) is 0 Å². The Kier molecular flexibility index (Phi) is 7.51. The zero-order valence-corrected chi connectivity index (χ0v) is 20.7. The first-order chi connectivity index (χ1) is 16.8. The summed E-state index contributed by atoms with van der Waals surface area (Å²) in [6, 6.07) is 7.38. The van der Waals surface area contributed by atoms with Gasteiger partial charge in [-0.3, -0.25) is 19.2 Å². The maximum atomic E-state index is 12.7. The van der Waals surface area contributed by atoms with E-state index in [0.717, 1.165) is 38.0 Å². The molecule has 2 unspecified atom stereocenters. The van der Waals surface area contributed by atoms with Crippen LogP contribution in [0.4, 0.5) is 0 Å². The quantitative estimate of drug-likeness (QED) is 0.489. The number of aryl methyl sites for hydroxylation is 2. The third-order valence-electron chi connectivity index (χ3n) is 6.26. The highest BCUT2D eigenvalue weighted by Gasteiger charge is 2.22. The Hall–Kier alpha value is -3.24. The van der Waals surface area contributed by atoms with Crippen molar-refractivity contribution in [2.45, 2.75) is 65.5 Å². The number of imidazole rings is 1. The van der Waals surface area contributed by atoms with Crippen molar-refractivity contribution in [3.63, 3.8) is 0 Å². The van der Waals surface area contributed by atoms with Gasteiger partial charge in [0.1, 0.15) is 12.4 Å². The minimum absolute atomic E-state index is 0.114. The number of nitrogens with one attached hydrogen (secondary N) is 1. The van der Waals surface area contributed by atoms with E-state index in [9.17, 15) is 14.4 Å². The standard InChI is InChI=1S/C25H33N5O5/c1-5-6-11-30-22-21(23(31)27-25(30)33)28(4)20(26-22)15-34-24(32)19-9-7-18(8-10-19)14-29-12-16(2)35-17(3)13-29/h7-10,16-17H,5-6,11-15H2,1-4H3,(H,27,31,33). The molecule has 1 aliphatic rings. The van der Waals surface area contributed by atoms with Crippen LogP contribution in [0.15, 0.2) is 33.9 Å². The van der Waals surface area contributed by atoms with E-state index in [1.54, 1.807) is 23.7 Å². The highest BCUT2D eigenvalue weighted by Crippen LogP contribution is 2.16. The molecule has 10 heteroatoms. The number of ether oxygens (including phenoxy) is 2. The zero-order chi connectivity index (χ0) is 25.1. The van der Waals surface area contributed by atoms with Gasteiger partial charge in [-0.05, 0) is 38.0 Å². The summed E-state index contributed by atoms with van der Waals surface area (Å²) in [6.45, 7) is 9.06. The second kappa shape index (κ2) is 10.6. The number of esters is 1. The number of benzene rings is 1. The van der Waals surface area contributed by atoms with Crippen LogP contribution in [0.25, 0.3) is 11.2 Å². The molecular weight excluding hydrogens is 450 g/mol. The average molecular weight is 484 g/mol. The number of nitrogens with zero attached hydrogens (tertiary/aromatic N) is 4. The van der Waals surface area contributed by atoms with Crippen LogP contribution in [0.3, 0.4) is 0 Å². The van der Waals surface area contributed by atoms with Crippen LogP contribution in [0.2, 0.25) is 0 Å². The number of unbranched alkanes of at least 4 members (excludes halogenated alkanes) is 1. The number of hydrogen-bond donors (Lipinski definition) is 1. The van der Waals surface area contributed by atoms with Crippen molar-refractivity contribution < 1.29 is 14.3 Å². The van der Waals surface area contributed by atoms with E-state index >= 15 is 0 Å². The normalized spacial score (nSPS) is 18.7. The van der Waals surface area contributed by atoms with Crippen molar-refractivity contribution >= 4 is 17.1 Å². The molecule has 10 nitrogen and oxygen atoms in total. The summed E-state index contributed by atoms with van der Waals surface area (Å²) in [7, 11) is 1.67. The maximum Gasteiger partial charge on any atom is 0.338 e. The largest absolute Gasteiger partial charge is 0.454 e. The lowest BCUT2D eigenvalue weighted by molar-refractivity contribution is -0.0704.